The van der Waals surface area contributed by atoms with E-state index >= 15 is 0 Å². The maximum Gasteiger partial charge on any atom is 0.278 e. The summed E-state index contributed by atoms with van der Waals surface area (Å²) in [5.74, 6) is 0.984. The summed E-state index contributed by atoms with van der Waals surface area (Å²) in [6, 6.07) is 23.8. The molecule has 1 amide bonds. The minimum absolute atomic E-state index is 0.202. The van der Waals surface area contributed by atoms with Gasteiger partial charge in [0.05, 0.1) is 5.56 Å². The predicted octanol–water partition coefficient (Wildman–Crippen LogP) is 6.10. The van der Waals surface area contributed by atoms with E-state index in [1.807, 2.05) is 80.6 Å². The first kappa shape index (κ1) is 20.4. The van der Waals surface area contributed by atoms with Crippen LogP contribution in [0.2, 0.25) is 0 Å². The monoisotopic (exact) mass is 412 g/mol. The molecule has 3 aromatic carbocycles. The zero-order valence-corrected chi connectivity index (χ0v) is 17.8. The molecule has 0 spiro atoms. The number of aromatic nitrogens is 1. The second-order valence-electron chi connectivity index (χ2n) is 7.58. The summed E-state index contributed by atoms with van der Waals surface area (Å²) in [6.45, 7) is 6.02. The first-order chi connectivity index (χ1) is 15.0. The lowest BCUT2D eigenvalue weighted by molar-refractivity contribution is 0.101. The molecule has 0 bridgehead atoms. The SMILES string of the molecule is Cc1cc(C)cc(OCc2c(C(=O)Nc3ccc(-c4ccccc4)cc3)noc2C)c1. The summed E-state index contributed by atoms with van der Waals surface area (Å²) >= 11 is 0. The maximum atomic E-state index is 12.8. The standard InChI is InChI=1S/C26H24N2O3/c1-17-13-18(2)15-23(14-17)30-16-24-19(3)31-28-25(24)26(29)27-22-11-9-21(10-12-22)20-7-5-4-6-8-20/h4-15H,16H2,1-3H3,(H,27,29). The molecule has 0 saturated carbocycles. The number of nitrogens with one attached hydrogen (secondary N) is 1. The van der Waals surface area contributed by atoms with E-state index in [4.69, 9.17) is 9.26 Å². The summed E-state index contributed by atoms with van der Waals surface area (Å²) < 4.78 is 11.2. The second-order valence-corrected chi connectivity index (χ2v) is 7.58. The van der Waals surface area contributed by atoms with Crippen LogP contribution in [0.4, 0.5) is 5.69 Å². The molecule has 0 aliphatic heterocycles. The third-order valence-corrected chi connectivity index (χ3v) is 5.03. The first-order valence-corrected chi connectivity index (χ1v) is 10.1. The number of amides is 1. The average molecular weight is 412 g/mol. The quantitative estimate of drug-likeness (QED) is 0.416. The molecule has 4 rings (SSSR count). The van der Waals surface area contributed by atoms with Gasteiger partial charge in [-0.05, 0) is 67.3 Å². The lowest BCUT2D eigenvalue weighted by Gasteiger charge is -2.09. The number of nitrogens with zero attached hydrogens (tertiary/aromatic N) is 1. The lowest BCUT2D eigenvalue weighted by Crippen LogP contribution is -2.15. The molecule has 5 heteroatoms. The molecule has 0 unspecified atom stereocenters. The number of carbonyl (C=O) groups excluding carboxylic acids is 1. The van der Waals surface area contributed by atoms with Gasteiger partial charge in [-0.25, -0.2) is 0 Å². The summed E-state index contributed by atoms with van der Waals surface area (Å²) in [6.07, 6.45) is 0. The minimum Gasteiger partial charge on any atom is -0.489 e. The molecule has 1 heterocycles. The van der Waals surface area contributed by atoms with Crippen LogP contribution in [-0.2, 0) is 6.61 Å². The molecule has 0 aliphatic carbocycles. The van der Waals surface area contributed by atoms with Crippen LogP contribution < -0.4 is 10.1 Å². The Morgan fingerprint density at radius 3 is 2.23 bits per heavy atom. The third kappa shape index (κ3) is 4.83. The van der Waals surface area contributed by atoms with Crippen molar-refractivity contribution < 1.29 is 14.1 Å². The number of anilines is 1. The molecule has 0 aliphatic rings. The van der Waals surface area contributed by atoms with Crippen LogP contribution in [0.15, 0.2) is 77.3 Å². The van der Waals surface area contributed by atoms with Crippen molar-refractivity contribution in [2.24, 2.45) is 0 Å². The van der Waals surface area contributed by atoms with Crippen molar-refractivity contribution in [2.75, 3.05) is 5.32 Å². The summed E-state index contributed by atoms with van der Waals surface area (Å²) in [4.78, 5) is 12.8. The van der Waals surface area contributed by atoms with Crippen molar-refractivity contribution in [1.82, 2.24) is 5.16 Å². The Kier molecular flexibility index (Phi) is 5.85. The van der Waals surface area contributed by atoms with E-state index < -0.39 is 0 Å². The summed E-state index contributed by atoms with van der Waals surface area (Å²) in [5.41, 5.74) is 6.00. The Bertz CT molecular complexity index is 1180. The fourth-order valence-corrected chi connectivity index (χ4v) is 3.48. The second kappa shape index (κ2) is 8.88. The van der Waals surface area contributed by atoms with E-state index in [0.717, 1.165) is 28.0 Å². The van der Waals surface area contributed by atoms with Crippen molar-refractivity contribution >= 4 is 11.6 Å². The topological polar surface area (TPSA) is 64.4 Å². The molecule has 1 aromatic heterocycles. The lowest BCUT2D eigenvalue weighted by atomic mass is 10.1. The molecule has 0 saturated heterocycles. The Balaban J connectivity index is 1.47. The Morgan fingerprint density at radius 1 is 0.903 bits per heavy atom. The van der Waals surface area contributed by atoms with Gasteiger partial charge < -0.3 is 14.6 Å². The van der Waals surface area contributed by atoms with Gasteiger partial charge in [0, 0.05) is 5.69 Å². The highest BCUT2D eigenvalue weighted by Crippen LogP contribution is 2.23. The first-order valence-electron chi connectivity index (χ1n) is 10.1. The van der Waals surface area contributed by atoms with Crippen LogP contribution in [-0.4, -0.2) is 11.1 Å². The van der Waals surface area contributed by atoms with Gasteiger partial charge in [-0.3, -0.25) is 4.79 Å². The van der Waals surface area contributed by atoms with Gasteiger partial charge in [0.1, 0.15) is 18.1 Å². The molecular weight excluding hydrogens is 388 g/mol. The highest BCUT2D eigenvalue weighted by molar-refractivity contribution is 6.04. The van der Waals surface area contributed by atoms with Crippen molar-refractivity contribution in [3.8, 4) is 16.9 Å². The Morgan fingerprint density at radius 2 is 1.55 bits per heavy atom. The molecule has 31 heavy (non-hydrogen) atoms. The molecular formula is C26H24N2O3. The molecule has 0 fully saturated rings. The highest BCUT2D eigenvalue weighted by Gasteiger charge is 2.20. The summed E-state index contributed by atoms with van der Waals surface area (Å²) in [5, 5.41) is 6.85. The fourth-order valence-electron chi connectivity index (χ4n) is 3.48. The molecule has 0 radical (unpaired) electrons. The van der Waals surface area contributed by atoms with E-state index in [9.17, 15) is 4.79 Å². The minimum atomic E-state index is -0.330. The van der Waals surface area contributed by atoms with E-state index in [2.05, 4.69) is 16.5 Å². The smallest absolute Gasteiger partial charge is 0.278 e. The van der Waals surface area contributed by atoms with Crippen molar-refractivity contribution in [1.29, 1.82) is 0 Å². The summed E-state index contributed by atoms with van der Waals surface area (Å²) in [7, 11) is 0. The number of hydrogen-bond acceptors (Lipinski definition) is 4. The molecule has 5 nitrogen and oxygen atoms in total. The molecule has 0 atom stereocenters. The zero-order valence-electron chi connectivity index (χ0n) is 17.8. The number of aryl methyl sites for hydroxylation is 3. The normalized spacial score (nSPS) is 10.7. The average Bonchev–Trinajstić information content (AvgIpc) is 3.13. The molecule has 1 N–H and O–H groups in total. The van der Waals surface area contributed by atoms with Gasteiger partial charge >= 0.3 is 0 Å². The van der Waals surface area contributed by atoms with Gasteiger partial charge in [0.2, 0.25) is 0 Å². The van der Waals surface area contributed by atoms with Crippen LogP contribution in [0, 0.1) is 20.8 Å². The van der Waals surface area contributed by atoms with Crippen LogP contribution in [0.5, 0.6) is 5.75 Å². The number of carbonyl (C=O) groups is 1. The van der Waals surface area contributed by atoms with Crippen LogP contribution in [0.1, 0.15) is 32.9 Å². The van der Waals surface area contributed by atoms with Gasteiger partial charge in [0.25, 0.3) is 5.91 Å². The highest BCUT2D eigenvalue weighted by atomic mass is 16.5. The number of hydrogen-bond donors (Lipinski definition) is 1. The molecule has 156 valence electrons. The molecule has 4 aromatic rings. The van der Waals surface area contributed by atoms with Crippen molar-refractivity contribution in [3.63, 3.8) is 0 Å². The number of rotatable bonds is 6. The fraction of sp³-hybridized carbons (Fsp3) is 0.154. The predicted molar refractivity (Wildman–Crippen MR) is 121 cm³/mol. The van der Waals surface area contributed by atoms with Gasteiger partial charge in [-0.2, -0.15) is 0 Å². The third-order valence-electron chi connectivity index (χ3n) is 5.03. The van der Waals surface area contributed by atoms with E-state index in [0.29, 0.717) is 17.0 Å². The number of benzene rings is 3. The Hall–Kier alpha value is -3.86. The number of ether oxygens (including phenoxy) is 1. The van der Waals surface area contributed by atoms with E-state index in [1.54, 1.807) is 6.92 Å². The van der Waals surface area contributed by atoms with Crippen molar-refractivity contribution in [3.05, 3.63) is 101 Å². The largest absolute Gasteiger partial charge is 0.489 e. The van der Waals surface area contributed by atoms with E-state index in [-0.39, 0.29) is 18.2 Å². The van der Waals surface area contributed by atoms with Crippen LogP contribution >= 0.6 is 0 Å². The zero-order chi connectivity index (χ0) is 21.8. The van der Waals surface area contributed by atoms with Crippen molar-refractivity contribution in [2.45, 2.75) is 27.4 Å². The maximum absolute atomic E-state index is 12.8. The van der Waals surface area contributed by atoms with Gasteiger partial charge in [0.15, 0.2) is 5.69 Å². The Labute approximate surface area is 181 Å². The van der Waals surface area contributed by atoms with Gasteiger partial charge in [-0.1, -0.05) is 53.7 Å². The van der Waals surface area contributed by atoms with E-state index in [1.165, 1.54) is 0 Å². The van der Waals surface area contributed by atoms with Crippen LogP contribution in [0.25, 0.3) is 11.1 Å². The van der Waals surface area contributed by atoms with Crippen LogP contribution in [0.3, 0.4) is 0 Å². The van der Waals surface area contributed by atoms with Gasteiger partial charge in [-0.15, -0.1) is 0 Å².